The number of rotatable bonds is 3. The maximum atomic E-state index is 5.66. The Hall–Kier alpha value is -2.93. The normalized spacial score (nSPS) is 11.3. The second-order valence-corrected chi connectivity index (χ2v) is 15.2. The van der Waals surface area contributed by atoms with Gasteiger partial charge >= 0.3 is 74.4 Å². The first-order valence-corrected chi connectivity index (χ1v) is 18.1. The third-order valence-electron chi connectivity index (χ3n) is 8.42. The van der Waals surface area contributed by atoms with E-state index in [0.717, 1.165) is 11.4 Å². The summed E-state index contributed by atoms with van der Waals surface area (Å²) in [6.45, 7) is 13.9. The molecule has 0 heterocycles. The van der Waals surface area contributed by atoms with Gasteiger partial charge in [-0.2, -0.15) is 18.2 Å². The summed E-state index contributed by atoms with van der Waals surface area (Å²) < 4.78 is 2.13. The van der Waals surface area contributed by atoms with Gasteiger partial charge in [0, 0.05) is 0 Å². The van der Waals surface area contributed by atoms with Crippen LogP contribution in [0.1, 0.15) is 69.4 Å². The van der Waals surface area contributed by atoms with E-state index in [2.05, 4.69) is 130 Å². The molecule has 49 heavy (non-hydrogen) atoms. The van der Waals surface area contributed by atoms with Gasteiger partial charge in [-0.25, -0.2) is 12.1 Å². The number of halogens is 3. The van der Waals surface area contributed by atoms with Crippen molar-refractivity contribution in [1.82, 2.24) is 0 Å². The Morgan fingerprint density at radius 2 is 1.16 bits per heavy atom. The predicted octanol–water partition coefficient (Wildman–Crippen LogP) is 6.44. The summed E-state index contributed by atoms with van der Waals surface area (Å²) in [6.07, 6.45) is 0.944. The van der Waals surface area contributed by atoms with Crippen LogP contribution in [0.2, 0.25) is 5.02 Å². The van der Waals surface area contributed by atoms with Gasteiger partial charge in [0.25, 0.3) is 0 Å². The molecule has 4 heteroatoms. The number of benzene rings is 5. The predicted molar refractivity (Wildman–Crippen MR) is 200 cm³/mol. The zero-order valence-electron chi connectivity index (χ0n) is 29.1. The molecule has 0 atom stereocenters. The quantitative estimate of drug-likeness (QED) is 0.181. The van der Waals surface area contributed by atoms with E-state index < -0.39 is 0 Å². The van der Waals surface area contributed by atoms with Crippen LogP contribution in [0.4, 0.5) is 0 Å². The van der Waals surface area contributed by atoms with Gasteiger partial charge < -0.3 is 24.8 Å². The van der Waals surface area contributed by atoms with Crippen molar-refractivity contribution < 1.29 is 49.0 Å². The molecular weight excluding hydrogens is 738 g/mol. The van der Waals surface area contributed by atoms with Gasteiger partial charge in [0.2, 0.25) is 0 Å². The third kappa shape index (κ3) is 10.3. The molecule has 0 spiro atoms. The van der Waals surface area contributed by atoms with Gasteiger partial charge in [-0.3, -0.25) is 0 Å². The topological polar surface area (TPSA) is 0 Å². The van der Waals surface area contributed by atoms with E-state index in [0.29, 0.717) is 0 Å². The molecular formula is C45H43Cl3Zr-2. The van der Waals surface area contributed by atoms with E-state index in [-0.39, 0.29) is 35.6 Å². The number of hydrogen-bond donors (Lipinski definition) is 0. The summed E-state index contributed by atoms with van der Waals surface area (Å²) >= 11 is 7.08. The largest absolute Gasteiger partial charge is 1.00 e. The Labute approximate surface area is 326 Å². The molecule has 0 bridgehead atoms. The zero-order valence-corrected chi connectivity index (χ0v) is 33.8. The maximum Gasteiger partial charge on any atom is -0.172 e. The van der Waals surface area contributed by atoms with Crippen LogP contribution >= 0.6 is 11.6 Å². The fraction of sp³-hybridized carbons (Fsp3) is 0.200. The Balaban J connectivity index is 0.000000338. The van der Waals surface area contributed by atoms with Crippen LogP contribution in [0.3, 0.4) is 0 Å². The van der Waals surface area contributed by atoms with Crippen molar-refractivity contribution in [1.29, 1.82) is 0 Å². The van der Waals surface area contributed by atoms with Crippen molar-refractivity contribution in [2.75, 3.05) is 0 Å². The summed E-state index contributed by atoms with van der Waals surface area (Å²) in [4.78, 5) is 0. The number of fused-ring (bicyclic) bond motifs is 3. The molecule has 0 N–H and O–H groups in total. The molecule has 0 aromatic heterocycles. The SMILES string of the molecule is CC(C)(C)c1cc2c([c-]c1-c1ccccc1)Cc1cc(-c3ccccc3)c(C(C)(C)C)cc1-2.Clc1ccc([CH]=[Zr+2])cc1.[Cl-].[Cl-].c1cc[cH-]c1. The molecule has 1 aliphatic rings. The molecule has 0 aliphatic heterocycles. The van der Waals surface area contributed by atoms with Crippen LogP contribution in [0.25, 0.3) is 33.4 Å². The standard InChI is InChI=1S/C33H33.C7H5Cl.C5H5.2ClH.Zr/c1-32(2,3)30-20-26-24(18-28(30)22-13-9-7-10-14-22)17-25-19-29(23-15-11-8-12-16-23)31(21-27(25)26)33(4,5)6;1-6-2-4-7(8)5-3-6;1-2-4-5-3-1;;;/h7-16,18,20-21H,17H2,1-6H3;1-5H;1-5H;2*1H;/q-1;;-1;;;+2/p-2. The molecule has 0 amide bonds. The van der Waals surface area contributed by atoms with Crippen molar-refractivity contribution in [2.24, 2.45) is 0 Å². The first-order valence-electron chi connectivity index (χ1n) is 16.3. The maximum absolute atomic E-state index is 5.66. The Kier molecular flexibility index (Phi) is 14.7. The van der Waals surface area contributed by atoms with E-state index in [1.165, 1.54) is 85.4 Å². The molecule has 250 valence electrons. The molecule has 6 aromatic rings. The minimum absolute atomic E-state index is 0. The average Bonchev–Trinajstić information content (AvgIpc) is 3.76. The van der Waals surface area contributed by atoms with Gasteiger partial charge in [-0.15, -0.1) is 28.8 Å². The molecule has 1 aliphatic carbocycles. The van der Waals surface area contributed by atoms with E-state index in [9.17, 15) is 0 Å². The van der Waals surface area contributed by atoms with Gasteiger partial charge in [0.15, 0.2) is 0 Å². The summed E-state index contributed by atoms with van der Waals surface area (Å²) in [7, 11) is 0. The Bertz CT molecular complexity index is 1790. The monoisotopic (exact) mass is 778 g/mol. The van der Waals surface area contributed by atoms with Crippen molar-refractivity contribution in [3.63, 3.8) is 0 Å². The van der Waals surface area contributed by atoms with Crippen molar-refractivity contribution in [3.8, 4) is 33.4 Å². The summed E-state index contributed by atoms with van der Waals surface area (Å²) in [5.41, 5.74) is 14.7. The zero-order chi connectivity index (χ0) is 33.6. The van der Waals surface area contributed by atoms with Crippen molar-refractivity contribution in [3.05, 3.63) is 172 Å². The first kappa shape index (κ1) is 40.5. The van der Waals surface area contributed by atoms with E-state index in [4.69, 9.17) is 11.6 Å². The van der Waals surface area contributed by atoms with Crippen LogP contribution in [0, 0.1) is 6.07 Å². The fourth-order valence-corrected chi connectivity index (χ4v) is 6.58. The van der Waals surface area contributed by atoms with E-state index >= 15 is 0 Å². The molecule has 0 fully saturated rings. The van der Waals surface area contributed by atoms with Crippen molar-refractivity contribution >= 4 is 15.3 Å². The van der Waals surface area contributed by atoms with Gasteiger partial charge in [0.1, 0.15) is 0 Å². The molecule has 0 nitrogen and oxygen atoms in total. The summed E-state index contributed by atoms with van der Waals surface area (Å²) in [5.74, 6) is 0. The minimum atomic E-state index is 0. The first-order chi connectivity index (χ1) is 22.5. The van der Waals surface area contributed by atoms with Gasteiger partial charge in [-0.05, 0) is 39.5 Å². The molecule has 0 unspecified atom stereocenters. The minimum Gasteiger partial charge on any atom is -1.00 e. The second kappa shape index (κ2) is 17.8. The van der Waals surface area contributed by atoms with Crippen LogP contribution in [-0.2, 0) is 41.5 Å². The average molecular weight is 781 g/mol. The van der Waals surface area contributed by atoms with Crippen LogP contribution in [0.5, 0.6) is 0 Å². The molecule has 6 aromatic carbocycles. The third-order valence-corrected chi connectivity index (χ3v) is 9.49. The number of hydrogen-bond acceptors (Lipinski definition) is 0. The van der Waals surface area contributed by atoms with Crippen LogP contribution < -0.4 is 24.8 Å². The smallest absolute Gasteiger partial charge is 0.172 e. The Morgan fingerprint density at radius 3 is 1.65 bits per heavy atom. The van der Waals surface area contributed by atoms with Crippen LogP contribution in [-0.4, -0.2) is 3.71 Å². The van der Waals surface area contributed by atoms with Crippen molar-refractivity contribution in [2.45, 2.75) is 58.8 Å². The van der Waals surface area contributed by atoms with Gasteiger partial charge in [-0.1, -0.05) is 131 Å². The Morgan fingerprint density at radius 1 is 0.633 bits per heavy atom. The molecule has 0 radical (unpaired) electrons. The molecule has 7 rings (SSSR count). The summed E-state index contributed by atoms with van der Waals surface area (Å²) in [6, 6.07) is 50.7. The van der Waals surface area contributed by atoms with E-state index in [1.807, 2.05) is 54.6 Å². The fourth-order valence-electron chi connectivity index (χ4n) is 5.98. The molecule has 0 saturated heterocycles. The molecule has 0 saturated carbocycles. The summed E-state index contributed by atoms with van der Waals surface area (Å²) in [5, 5.41) is 0.802. The van der Waals surface area contributed by atoms with Crippen LogP contribution in [0.15, 0.2) is 133 Å². The van der Waals surface area contributed by atoms with Gasteiger partial charge in [0.05, 0.1) is 0 Å². The van der Waals surface area contributed by atoms with E-state index in [1.54, 1.807) is 0 Å². The second-order valence-electron chi connectivity index (χ2n) is 14.1.